The average molecular weight is 545 g/mol. The van der Waals surface area contributed by atoms with Crippen LogP contribution in [0.3, 0.4) is 0 Å². The Hall–Kier alpha value is 0.220. The van der Waals surface area contributed by atoms with Crippen molar-refractivity contribution in [3.8, 4) is 0 Å². The number of hydrogen-bond donors (Lipinski definition) is 0. The third-order valence-electron chi connectivity index (χ3n) is 5.22. The standard InChI is InChI=1S/C25H54O8P2/c1-7-11-15-19-28-34(26,29-20-16-12-8-2)32-23-25(5,6)24-33-35(27,30-21-17-13-9-3)31-22-18-14-10-4/h7-24H2,1-6H3. The highest BCUT2D eigenvalue weighted by molar-refractivity contribution is 7.48. The fourth-order valence-corrected chi connectivity index (χ4v) is 5.76. The van der Waals surface area contributed by atoms with Crippen molar-refractivity contribution in [1.29, 1.82) is 0 Å². The molecule has 0 radical (unpaired) electrons. The van der Waals surface area contributed by atoms with E-state index in [0.717, 1.165) is 77.0 Å². The number of phosphoric ester groups is 2. The van der Waals surface area contributed by atoms with Gasteiger partial charge in [0.2, 0.25) is 0 Å². The first kappa shape index (κ1) is 35.2. The first-order valence-electron chi connectivity index (χ1n) is 13.7. The van der Waals surface area contributed by atoms with Crippen LogP contribution in [0.15, 0.2) is 0 Å². The molecule has 0 amide bonds. The molecule has 0 aromatic heterocycles. The Labute approximate surface area is 215 Å². The molecule has 0 unspecified atom stereocenters. The molecule has 0 aliphatic heterocycles. The number of unbranched alkanes of at least 4 members (excludes halogenated alkanes) is 8. The van der Waals surface area contributed by atoms with E-state index >= 15 is 0 Å². The van der Waals surface area contributed by atoms with Crippen LogP contribution < -0.4 is 0 Å². The van der Waals surface area contributed by atoms with Crippen LogP contribution in [0, 0.1) is 5.41 Å². The highest BCUT2D eigenvalue weighted by Crippen LogP contribution is 2.53. The topological polar surface area (TPSA) is 89.5 Å². The molecule has 35 heavy (non-hydrogen) atoms. The van der Waals surface area contributed by atoms with Gasteiger partial charge in [-0.2, -0.15) is 0 Å². The van der Waals surface area contributed by atoms with Crippen LogP contribution in [0.2, 0.25) is 0 Å². The summed E-state index contributed by atoms with van der Waals surface area (Å²) in [5.74, 6) is 0. The number of phosphoric acid groups is 2. The van der Waals surface area contributed by atoms with Crippen molar-refractivity contribution in [2.75, 3.05) is 39.6 Å². The van der Waals surface area contributed by atoms with Crippen LogP contribution in [0.1, 0.15) is 119 Å². The summed E-state index contributed by atoms with van der Waals surface area (Å²) >= 11 is 0. The van der Waals surface area contributed by atoms with E-state index in [2.05, 4.69) is 27.7 Å². The normalized spacial score (nSPS) is 13.0. The van der Waals surface area contributed by atoms with E-state index < -0.39 is 21.1 Å². The van der Waals surface area contributed by atoms with Crippen molar-refractivity contribution in [2.24, 2.45) is 5.41 Å². The zero-order chi connectivity index (χ0) is 26.5. The molecule has 0 saturated carbocycles. The van der Waals surface area contributed by atoms with Crippen LogP contribution in [0.25, 0.3) is 0 Å². The van der Waals surface area contributed by atoms with E-state index in [0.29, 0.717) is 26.4 Å². The molecule has 8 nitrogen and oxygen atoms in total. The largest absolute Gasteiger partial charge is 0.474 e. The van der Waals surface area contributed by atoms with Gasteiger partial charge in [-0.15, -0.1) is 0 Å². The third kappa shape index (κ3) is 19.9. The molecular formula is C25H54O8P2. The molecule has 0 N–H and O–H groups in total. The SMILES string of the molecule is CCCCCOP(=O)(OCCCCC)OCC(C)(C)COP(=O)(OCCCCC)OCCCCC. The second-order valence-electron chi connectivity index (χ2n) is 9.77. The molecule has 212 valence electrons. The summed E-state index contributed by atoms with van der Waals surface area (Å²) in [5.41, 5.74) is -0.621. The van der Waals surface area contributed by atoms with E-state index in [1.807, 2.05) is 13.8 Å². The Kier molecular flexibility index (Phi) is 21.3. The van der Waals surface area contributed by atoms with Gasteiger partial charge in [0, 0.05) is 5.41 Å². The lowest BCUT2D eigenvalue weighted by atomic mass is 9.97. The smallest absolute Gasteiger partial charge is 0.287 e. The number of hydrogen-bond acceptors (Lipinski definition) is 8. The van der Waals surface area contributed by atoms with Crippen LogP contribution >= 0.6 is 15.6 Å². The van der Waals surface area contributed by atoms with E-state index in [1.54, 1.807) is 0 Å². The van der Waals surface area contributed by atoms with Crippen molar-refractivity contribution in [3.63, 3.8) is 0 Å². The van der Waals surface area contributed by atoms with Crippen LogP contribution in [0.5, 0.6) is 0 Å². The summed E-state index contributed by atoms with van der Waals surface area (Å²) in [6, 6.07) is 0. The monoisotopic (exact) mass is 544 g/mol. The molecule has 0 fully saturated rings. The highest BCUT2D eigenvalue weighted by Gasteiger charge is 2.34. The summed E-state index contributed by atoms with van der Waals surface area (Å²) in [6.07, 6.45) is 11.3. The average Bonchev–Trinajstić information content (AvgIpc) is 2.83. The molecule has 0 heterocycles. The predicted molar refractivity (Wildman–Crippen MR) is 143 cm³/mol. The summed E-state index contributed by atoms with van der Waals surface area (Å²) in [6.45, 7) is 13.5. The lowest BCUT2D eigenvalue weighted by Gasteiger charge is -2.28. The first-order valence-corrected chi connectivity index (χ1v) is 16.6. The van der Waals surface area contributed by atoms with Gasteiger partial charge in [0.25, 0.3) is 0 Å². The van der Waals surface area contributed by atoms with Crippen molar-refractivity contribution >= 4 is 15.6 Å². The van der Waals surface area contributed by atoms with Gasteiger partial charge >= 0.3 is 15.6 Å². The van der Waals surface area contributed by atoms with Gasteiger partial charge in [0.15, 0.2) is 0 Å². The zero-order valence-corrected chi connectivity index (χ0v) is 25.2. The Bertz CT molecular complexity index is 506. The summed E-state index contributed by atoms with van der Waals surface area (Å²) in [5, 5.41) is 0. The minimum absolute atomic E-state index is 0.0531. The van der Waals surface area contributed by atoms with E-state index in [-0.39, 0.29) is 13.2 Å². The van der Waals surface area contributed by atoms with Gasteiger partial charge in [-0.3, -0.25) is 27.1 Å². The summed E-state index contributed by atoms with van der Waals surface area (Å²) in [7, 11) is -7.40. The van der Waals surface area contributed by atoms with E-state index in [4.69, 9.17) is 27.1 Å². The van der Waals surface area contributed by atoms with Crippen molar-refractivity contribution in [1.82, 2.24) is 0 Å². The Morgan fingerprint density at radius 3 is 0.943 bits per heavy atom. The van der Waals surface area contributed by atoms with Crippen molar-refractivity contribution in [2.45, 2.75) is 119 Å². The molecule has 0 rings (SSSR count). The lowest BCUT2D eigenvalue weighted by Crippen LogP contribution is -2.25. The lowest BCUT2D eigenvalue weighted by molar-refractivity contribution is 0.0378. The van der Waals surface area contributed by atoms with Crippen molar-refractivity contribution < 1.29 is 36.3 Å². The molecule has 0 aliphatic carbocycles. The number of rotatable bonds is 26. The minimum Gasteiger partial charge on any atom is -0.287 e. The fraction of sp³-hybridized carbons (Fsp3) is 1.00. The minimum atomic E-state index is -3.70. The van der Waals surface area contributed by atoms with Crippen LogP contribution in [-0.2, 0) is 36.3 Å². The molecule has 0 atom stereocenters. The quantitative estimate of drug-likeness (QED) is 0.0787. The molecule has 0 bridgehead atoms. The third-order valence-corrected chi connectivity index (χ3v) is 8.10. The fourth-order valence-electron chi connectivity index (χ4n) is 2.89. The van der Waals surface area contributed by atoms with E-state index in [9.17, 15) is 9.13 Å². The maximum atomic E-state index is 13.2. The second-order valence-corrected chi connectivity index (χ2v) is 13.1. The second kappa shape index (κ2) is 21.2. The molecule has 10 heteroatoms. The Morgan fingerprint density at radius 1 is 0.457 bits per heavy atom. The molecule has 0 aromatic rings. The highest BCUT2D eigenvalue weighted by atomic mass is 31.2. The van der Waals surface area contributed by atoms with Gasteiger partial charge in [-0.1, -0.05) is 92.9 Å². The van der Waals surface area contributed by atoms with Crippen LogP contribution in [-0.4, -0.2) is 39.6 Å². The molecule has 0 saturated heterocycles. The molecule has 0 aliphatic rings. The molecular weight excluding hydrogens is 490 g/mol. The summed E-state index contributed by atoms with van der Waals surface area (Å²) < 4.78 is 60.1. The summed E-state index contributed by atoms with van der Waals surface area (Å²) in [4.78, 5) is 0. The van der Waals surface area contributed by atoms with Gasteiger partial charge in [0.05, 0.1) is 39.6 Å². The Balaban J connectivity index is 4.93. The van der Waals surface area contributed by atoms with E-state index in [1.165, 1.54) is 0 Å². The molecule has 0 spiro atoms. The van der Waals surface area contributed by atoms with Gasteiger partial charge in [-0.25, -0.2) is 9.13 Å². The maximum absolute atomic E-state index is 13.2. The van der Waals surface area contributed by atoms with Gasteiger partial charge < -0.3 is 0 Å². The van der Waals surface area contributed by atoms with Gasteiger partial charge in [0.1, 0.15) is 0 Å². The maximum Gasteiger partial charge on any atom is 0.474 e. The first-order chi connectivity index (χ1) is 16.7. The Morgan fingerprint density at radius 2 is 0.714 bits per heavy atom. The predicted octanol–water partition coefficient (Wildman–Crippen LogP) is 9.09. The van der Waals surface area contributed by atoms with Crippen molar-refractivity contribution in [3.05, 3.63) is 0 Å². The van der Waals surface area contributed by atoms with Crippen LogP contribution in [0.4, 0.5) is 0 Å². The molecule has 0 aromatic carbocycles. The van der Waals surface area contributed by atoms with Gasteiger partial charge in [-0.05, 0) is 25.7 Å². The zero-order valence-electron chi connectivity index (χ0n) is 23.4.